The predicted octanol–water partition coefficient (Wildman–Crippen LogP) is 3.21. The number of hydrogen-bond donors (Lipinski definition) is 0. The van der Waals surface area contributed by atoms with Crippen molar-refractivity contribution in [3.63, 3.8) is 0 Å². The third-order valence-electron chi connectivity index (χ3n) is 6.55. The highest BCUT2D eigenvalue weighted by atomic mass is 16.3. The Morgan fingerprint density at radius 2 is 1.90 bits per heavy atom. The summed E-state index contributed by atoms with van der Waals surface area (Å²) in [5.41, 5.74) is 3.09. The number of hydrogen-bond acceptors (Lipinski definition) is 6. The van der Waals surface area contributed by atoms with Crippen molar-refractivity contribution in [1.82, 2.24) is 30.0 Å². The van der Waals surface area contributed by atoms with Gasteiger partial charge in [-0.1, -0.05) is 32.0 Å². The van der Waals surface area contributed by atoms with Gasteiger partial charge >= 0.3 is 0 Å². The SMILES string of the molecule is CCc1cccc(C)c1-n1nnnc1[C@@](C)(CC)N1CCN(C(=O)c2ccco2)CC1. The summed E-state index contributed by atoms with van der Waals surface area (Å²) >= 11 is 0. The Morgan fingerprint density at radius 1 is 1.13 bits per heavy atom. The number of carbonyl (C=O) groups excluding carboxylic acids is 1. The smallest absolute Gasteiger partial charge is 0.289 e. The Labute approximate surface area is 182 Å². The van der Waals surface area contributed by atoms with Gasteiger partial charge in [0.05, 0.1) is 17.5 Å². The van der Waals surface area contributed by atoms with E-state index in [-0.39, 0.29) is 11.4 Å². The Morgan fingerprint density at radius 3 is 2.55 bits per heavy atom. The number of aromatic nitrogens is 4. The van der Waals surface area contributed by atoms with Crippen molar-refractivity contribution < 1.29 is 9.21 Å². The molecule has 1 amide bonds. The summed E-state index contributed by atoms with van der Waals surface area (Å²) in [4.78, 5) is 16.9. The van der Waals surface area contributed by atoms with Crippen LogP contribution in [0, 0.1) is 6.92 Å². The largest absolute Gasteiger partial charge is 0.459 e. The van der Waals surface area contributed by atoms with Crippen LogP contribution in [0.4, 0.5) is 0 Å². The lowest BCUT2D eigenvalue weighted by molar-refractivity contribution is 0.0251. The number of furan rings is 1. The number of para-hydroxylation sites is 1. The monoisotopic (exact) mass is 422 g/mol. The van der Waals surface area contributed by atoms with Gasteiger partial charge in [0, 0.05) is 26.2 Å². The Balaban J connectivity index is 1.60. The van der Waals surface area contributed by atoms with Gasteiger partial charge < -0.3 is 9.32 Å². The minimum absolute atomic E-state index is 0.0554. The molecule has 3 heterocycles. The van der Waals surface area contributed by atoms with Crippen LogP contribution in [0.5, 0.6) is 0 Å². The summed E-state index contributed by atoms with van der Waals surface area (Å²) in [6.45, 7) is 11.4. The van der Waals surface area contributed by atoms with E-state index in [0.717, 1.165) is 43.0 Å². The zero-order valence-corrected chi connectivity index (χ0v) is 18.7. The number of rotatable bonds is 6. The molecule has 0 saturated carbocycles. The van der Waals surface area contributed by atoms with Crippen molar-refractivity contribution in [2.24, 2.45) is 0 Å². The molecule has 4 rings (SSSR count). The van der Waals surface area contributed by atoms with Crippen molar-refractivity contribution in [2.45, 2.75) is 46.1 Å². The van der Waals surface area contributed by atoms with Crippen LogP contribution in [0.3, 0.4) is 0 Å². The van der Waals surface area contributed by atoms with E-state index >= 15 is 0 Å². The molecule has 0 spiro atoms. The van der Waals surface area contributed by atoms with Crippen LogP contribution in [-0.4, -0.2) is 62.1 Å². The highest BCUT2D eigenvalue weighted by Gasteiger charge is 2.40. The van der Waals surface area contributed by atoms with Gasteiger partial charge in [0.2, 0.25) is 0 Å². The second-order valence-corrected chi connectivity index (χ2v) is 8.23. The minimum Gasteiger partial charge on any atom is -0.459 e. The molecule has 8 nitrogen and oxygen atoms in total. The number of benzene rings is 1. The second-order valence-electron chi connectivity index (χ2n) is 8.23. The number of carbonyl (C=O) groups is 1. The average molecular weight is 423 g/mol. The molecule has 8 heteroatoms. The molecule has 1 aromatic carbocycles. The number of amides is 1. The Hall–Kier alpha value is -3.00. The quantitative estimate of drug-likeness (QED) is 0.607. The van der Waals surface area contributed by atoms with Crippen molar-refractivity contribution in [3.05, 3.63) is 59.3 Å². The first kappa shape index (κ1) is 21.2. The van der Waals surface area contributed by atoms with Crippen LogP contribution < -0.4 is 0 Å². The van der Waals surface area contributed by atoms with Gasteiger partial charge in [0.15, 0.2) is 11.6 Å². The molecule has 0 N–H and O–H groups in total. The number of piperazine rings is 1. The van der Waals surface area contributed by atoms with E-state index in [1.165, 1.54) is 11.8 Å². The molecule has 1 aliphatic rings. The van der Waals surface area contributed by atoms with E-state index in [9.17, 15) is 4.79 Å². The third-order valence-corrected chi connectivity index (χ3v) is 6.55. The molecule has 164 valence electrons. The summed E-state index contributed by atoms with van der Waals surface area (Å²) in [5.74, 6) is 1.17. The number of tetrazole rings is 1. The second kappa shape index (κ2) is 8.63. The van der Waals surface area contributed by atoms with Crippen LogP contribution in [0.15, 0.2) is 41.0 Å². The lowest BCUT2D eigenvalue weighted by Crippen LogP contribution is -2.56. The summed E-state index contributed by atoms with van der Waals surface area (Å²) < 4.78 is 7.20. The fourth-order valence-corrected chi connectivity index (χ4v) is 4.46. The summed E-state index contributed by atoms with van der Waals surface area (Å²) in [6, 6.07) is 9.77. The Kier molecular flexibility index (Phi) is 5.91. The van der Waals surface area contributed by atoms with E-state index in [2.05, 4.69) is 66.3 Å². The van der Waals surface area contributed by atoms with Crippen LogP contribution in [0.1, 0.15) is 54.7 Å². The number of nitrogens with zero attached hydrogens (tertiary/aromatic N) is 6. The van der Waals surface area contributed by atoms with Crippen molar-refractivity contribution in [2.75, 3.05) is 26.2 Å². The third kappa shape index (κ3) is 3.76. The molecule has 2 aromatic heterocycles. The first-order chi connectivity index (χ1) is 15.0. The molecular weight excluding hydrogens is 392 g/mol. The summed E-state index contributed by atoms with van der Waals surface area (Å²) in [7, 11) is 0. The van der Waals surface area contributed by atoms with Gasteiger partial charge in [-0.05, 0) is 60.4 Å². The normalized spacial score (nSPS) is 17.0. The van der Waals surface area contributed by atoms with Gasteiger partial charge in [0.25, 0.3) is 5.91 Å². The van der Waals surface area contributed by atoms with Crippen molar-refractivity contribution >= 4 is 5.91 Å². The van der Waals surface area contributed by atoms with Gasteiger partial charge in [0.1, 0.15) is 0 Å². The molecule has 1 fully saturated rings. The van der Waals surface area contributed by atoms with Gasteiger partial charge in [-0.3, -0.25) is 9.69 Å². The lowest BCUT2D eigenvalue weighted by atomic mass is 9.93. The Bertz CT molecular complexity index is 1040. The zero-order valence-electron chi connectivity index (χ0n) is 18.7. The lowest BCUT2D eigenvalue weighted by Gasteiger charge is -2.44. The zero-order chi connectivity index (χ0) is 22.0. The molecule has 3 aromatic rings. The van der Waals surface area contributed by atoms with Gasteiger partial charge in [-0.2, -0.15) is 4.68 Å². The summed E-state index contributed by atoms with van der Waals surface area (Å²) in [5, 5.41) is 12.9. The average Bonchev–Trinajstić information content (AvgIpc) is 3.50. The molecule has 1 atom stereocenters. The van der Waals surface area contributed by atoms with E-state index < -0.39 is 0 Å². The fraction of sp³-hybridized carbons (Fsp3) is 0.478. The molecule has 1 saturated heterocycles. The fourth-order valence-electron chi connectivity index (χ4n) is 4.46. The van der Waals surface area contributed by atoms with E-state index in [4.69, 9.17) is 4.42 Å². The highest BCUT2D eigenvalue weighted by molar-refractivity contribution is 5.91. The van der Waals surface area contributed by atoms with E-state index in [1.54, 1.807) is 12.1 Å². The standard InChI is InChI=1S/C23H30N6O2/c1-5-18-10-7-9-17(3)20(18)29-22(24-25-26-29)23(4,6-2)28-14-12-27(13-15-28)21(30)19-11-8-16-31-19/h7-11,16H,5-6,12-15H2,1-4H3/t23-/m1/s1. The molecular formula is C23H30N6O2. The van der Waals surface area contributed by atoms with Crippen molar-refractivity contribution in [1.29, 1.82) is 0 Å². The van der Waals surface area contributed by atoms with E-state index in [1.807, 2.05) is 9.58 Å². The molecule has 0 bridgehead atoms. The molecule has 0 aliphatic carbocycles. The maximum Gasteiger partial charge on any atom is 0.289 e. The predicted molar refractivity (Wildman–Crippen MR) is 117 cm³/mol. The van der Waals surface area contributed by atoms with Gasteiger partial charge in [-0.25, -0.2) is 0 Å². The van der Waals surface area contributed by atoms with E-state index in [0.29, 0.717) is 18.8 Å². The maximum atomic E-state index is 12.6. The van der Waals surface area contributed by atoms with Crippen LogP contribution in [0.25, 0.3) is 5.69 Å². The highest BCUT2D eigenvalue weighted by Crippen LogP contribution is 2.33. The van der Waals surface area contributed by atoms with Crippen LogP contribution >= 0.6 is 0 Å². The van der Waals surface area contributed by atoms with Crippen LogP contribution in [-0.2, 0) is 12.0 Å². The minimum atomic E-state index is -0.351. The number of aryl methyl sites for hydroxylation is 2. The summed E-state index contributed by atoms with van der Waals surface area (Å²) in [6.07, 6.45) is 3.30. The van der Waals surface area contributed by atoms with Gasteiger partial charge in [-0.15, -0.1) is 5.10 Å². The first-order valence-electron chi connectivity index (χ1n) is 10.9. The molecule has 31 heavy (non-hydrogen) atoms. The molecule has 1 aliphatic heterocycles. The topological polar surface area (TPSA) is 80.3 Å². The van der Waals surface area contributed by atoms with Crippen LogP contribution in [0.2, 0.25) is 0 Å². The van der Waals surface area contributed by atoms with Crippen molar-refractivity contribution in [3.8, 4) is 5.69 Å². The molecule has 0 unspecified atom stereocenters. The maximum absolute atomic E-state index is 12.6. The molecule has 0 radical (unpaired) electrons. The first-order valence-corrected chi connectivity index (χ1v) is 10.9.